The number of aliphatic hydroxyl groups is 1. The van der Waals surface area contributed by atoms with Crippen molar-refractivity contribution < 1.29 is 14.8 Å². The smallest absolute Gasteiger partial charge is 0.276 e. The predicted molar refractivity (Wildman–Crippen MR) is 75.6 cm³/mol. The first kappa shape index (κ1) is 14.0. The molecular formula is C14H17N3O4. The number of amides is 1. The van der Waals surface area contributed by atoms with Crippen molar-refractivity contribution in [1.29, 1.82) is 0 Å². The second kappa shape index (κ2) is 4.78. The maximum Gasteiger partial charge on any atom is 0.276 e. The lowest BCUT2D eigenvalue weighted by atomic mass is 9.94. The summed E-state index contributed by atoms with van der Waals surface area (Å²) in [5, 5.41) is 24.5. The molecule has 1 aromatic rings. The molecule has 21 heavy (non-hydrogen) atoms. The number of anilines is 1. The number of rotatable bonds is 2. The summed E-state index contributed by atoms with van der Waals surface area (Å²) in [6.45, 7) is 3.25. The van der Waals surface area contributed by atoms with Gasteiger partial charge in [0, 0.05) is 36.5 Å². The Bertz CT molecular complexity index is 618. The first-order valence-electron chi connectivity index (χ1n) is 7.00. The van der Waals surface area contributed by atoms with Crippen LogP contribution in [-0.4, -0.2) is 33.9 Å². The summed E-state index contributed by atoms with van der Waals surface area (Å²) in [4.78, 5) is 24.4. The minimum atomic E-state index is -1.81. The highest BCUT2D eigenvalue weighted by molar-refractivity contribution is 6.04. The molecule has 0 spiro atoms. The fraction of sp³-hybridized carbons (Fsp3) is 0.500. The van der Waals surface area contributed by atoms with Crippen molar-refractivity contribution >= 4 is 17.3 Å². The molecule has 1 fully saturated rings. The zero-order valence-corrected chi connectivity index (χ0v) is 11.7. The Morgan fingerprint density at radius 2 is 2.29 bits per heavy atom. The van der Waals surface area contributed by atoms with Crippen molar-refractivity contribution in [2.45, 2.75) is 25.5 Å². The van der Waals surface area contributed by atoms with Gasteiger partial charge in [-0.15, -0.1) is 0 Å². The highest BCUT2D eigenvalue weighted by atomic mass is 16.6. The number of fused-ring (bicyclic) bond motifs is 1. The Hall–Kier alpha value is -1.99. The summed E-state index contributed by atoms with van der Waals surface area (Å²) in [6, 6.07) is 4.08. The number of nitrogens with zero attached hydrogens (tertiary/aromatic N) is 2. The molecule has 2 atom stereocenters. The zero-order chi connectivity index (χ0) is 15.2. The lowest BCUT2D eigenvalue weighted by molar-refractivity contribution is -0.385. The van der Waals surface area contributed by atoms with Gasteiger partial charge >= 0.3 is 0 Å². The molecule has 2 aliphatic heterocycles. The van der Waals surface area contributed by atoms with Gasteiger partial charge in [-0.2, -0.15) is 0 Å². The van der Waals surface area contributed by atoms with Crippen LogP contribution in [0, 0.1) is 16.0 Å². The van der Waals surface area contributed by atoms with E-state index in [9.17, 15) is 20.0 Å². The highest BCUT2D eigenvalue weighted by Crippen LogP contribution is 2.41. The van der Waals surface area contributed by atoms with Gasteiger partial charge in [-0.3, -0.25) is 19.8 Å². The monoisotopic (exact) mass is 291 g/mol. The third kappa shape index (κ3) is 2.09. The van der Waals surface area contributed by atoms with Crippen LogP contribution >= 0.6 is 0 Å². The van der Waals surface area contributed by atoms with E-state index < -0.39 is 16.6 Å². The number of piperidine rings is 1. The lowest BCUT2D eigenvalue weighted by Gasteiger charge is -2.39. The Morgan fingerprint density at radius 1 is 1.52 bits per heavy atom. The Balaban J connectivity index is 2.05. The van der Waals surface area contributed by atoms with Crippen molar-refractivity contribution in [2.75, 3.05) is 18.4 Å². The molecule has 7 nitrogen and oxygen atoms in total. The number of nitro benzene ring substituents is 1. The van der Waals surface area contributed by atoms with Crippen LogP contribution in [0.25, 0.3) is 0 Å². The molecule has 0 saturated carbocycles. The van der Waals surface area contributed by atoms with Crippen LogP contribution < -0.4 is 5.32 Å². The van der Waals surface area contributed by atoms with Crippen molar-refractivity contribution in [3.8, 4) is 0 Å². The van der Waals surface area contributed by atoms with Gasteiger partial charge in [-0.1, -0.05) is 6.92 Å². The summed E-state index contributed by atoms with van der Waals surface area (Å²) in [6.07, 6.45) is 1.94. The SMILES string of the molecule is C[C@H]1CCCN([C@]2(O)C(=O)Nc3ccc([N+](=O)[O-])cc32)C1. The number of benzene rings is 1. The maximum atomic E-state index is 12.3. The van der Waals surface area contributed by atoms with Crippen LogP contribution in [0.5, 0.6) is 0 Å². The van der Waals surface area contributed by atoms with E-state index >= 15 is 0 Å². The van der Waals surface area contributed by atoms with Crippen LogP contribution in [0.15, 0.2) is 18.2 Å². The van der Waals surface area contributed by atoms with Gasteiger partial charge in [0.2, 0.25) is 5.72 Å². The fourth-order valence-corrected chi connectivity index (χ4v) is 3.17. The summed E-state index contributed by atoms with van der Waals surface area (Å²) >= 11 is 0. The average Bonchev–Trinajstić information content (AvgIpc) is 2.71. The number of hydrogen-bond donors (Lipinski definition) is 2. The molecule has 0 unspecified atom stereocenters. The summed E-state index contributed by atoms with van der Waals surface area (Å²) in [7, 11) is 0. The molecule has 0 aliphatic carbocycles. The largest absolute Gasteiger partial charge is 0.364 e. The summed E-state index contributed by atoms with van der Waals surface area (Å²) in [5.41, 5.74) is -1.23. The molecule has 0 aromatic heterocycles. The minimum absolute atomic E-state index is 0.131. The predicted octanol–water partition coefficient (Wildman–Crippen LogP) is 1.42. The molecule has 2 N–H and O–H groups in total. The Kier molecular flexibility index (Phi) is 3.18. The van der Waals surface area contributed by atoms with Crippen molar-refractivity contribution in [1.82, 2.24) is 4.90 Å². The fourth-order valence-electron chi connectivity index (χ4n) is 3.17. The van der Waals surface area contributed by atoms with Gasteiger partial charge in [0.05, 0.1) is 4.92 Å². The molecule has 7 heteroatoms. The van der Waals surface area contributed by atoms with E-state index in [0.717, 1.165) is 12.8 Å². The van der Waals surface area contributed by atoms with Gasteiger partial charge in [0.1, 0.15) is 0 Å². The molecule has 0 radical (unpaired) electrons. The molecule has 1 amide bonds. The van der Waals surface area contributed by atoms with Gasteiger partial charge in [-0.05, 0) is 24.8 Å². The van der Waals surface area contributed by atoms with E-state index in [-0.39, 0.29) is 11.3 Å². The highest BCUT2D eigenvalue weighted by Gasteiger charge is 2.51. The average molecular weight is 291 g/mol. The van der Waals surface area contributed by atoms with Crippen LogP contribution in [-0.2, 0) is 10.5 Å². The second-order valence-electron chi connectivity index (χ2n) is 5.81. The minimum Gasteiger partial charge on any atom is -0.364 e. The number of carbonyl (C=O) groups is 1. The Morgan fingerprint density at radius 3 is 2.95 bits per heavy atom. The molecule has 0 bridgehead atoms. The van der Waals surface area contributed by atoms with Crippen LogP contribution in [0.3, 0.4) is 0 Å². The maximum absolute atomic E-state index is 12.3. The van der Waals surface area contributed by atoms with Gasteiger partial charge in [0.25, 0.3) is 11.6 Å². The molecule has 3 rings (SSSR count). The molecular weight excluding hydrogens is 274 g/mol. The zero-order valence-electron chi connectivity index (χ0n) is 11.7. The van der Waals surface area contributed by atoms with Crippen LogP contribution in [0.4, 0.5) is 11.4 Å². The number of carbonyl (C=O) groups excluding carboxylic acids is 1. The number of non-ortho nitro benzene ring substituents is 1. The third-order valence-electron chi connectivity index (χ3n) is 4.27. The van der Waals surface area contributed by atoms with E-state index in [4.69, 9.17) is 0 Å². The molecule has 112 valence electrons. The number of likely N-dealkylation sites (tertiary alicyclic amines) is 1. The van der Waals surface area contributed by atoms with Crippen LogP contribution in [0.2, 0.25) is 0 Å². The molecule has 2 heterocycles. The number of nitrogens with one attached hydrogen (secondary N) is 1. The molecule has 1 saturated heterocycles. The van der Waals surface area contributed by atoms with E-state index in [2.05, 4.69) is 12.2 Å². The van der Waals surface area contributed by atoms with Gasteiger partial charge in [-0.25, -0.2) is 0 Å². The first-order valence-corrected chi connectivity index (χ1v) is 7.00. The van der Waals surface area contributed by atoms with Gasteiger partial charge in [0.15, 0.2) is 0 Å². The van der Waals surface area contributed by atoms with Crippen molar-refractivity contribution in [3.63, 3.8) is 0 Å². The standard InChI is InChI=1S/C14H17N3O4/c1-9-3-2-6-16(8-9)14(19)11-7-10(17(20)21)4-5-12(11)15-13(14)18/h4-5,7,9,19H,2-3,6,8H2,1H3,(H,15,18)/t9-,14+/m0/s1. The second-order valence-corrected chi connectivity index (χ2v) is 5.81. The van der Waals surface area contributed by atoms with Gasteiger partial charge < -0.3 is 10.4 Å². The van der Waals surface area contributed by atoms with Crippen molar-refractivity contribution in [3.05, 3.63) is 33.9 Å². The topological polar surface area (TPSA) is 95.7 Å². The molecule has 2 aliphatic rings. The summed E-state index contributed by atoms with van der Waals surface area (Å²) < 4.78 is 0. The van der Waals surface area contributed by atoms with E-state index in [0.29, 0.717) is 24.7 Å². The van der Waals surface area contributed by atoms with Crippen molar-refractivity contribution in [2.24, 2.45) is 5.92 Å². The summed E-state index contributed by atoms with van der Waals surface area (Å²) in [5.74, 6) is -0.162. The quantitative estimate of drug-likeness (QED) is 0.634. The van der Waals surface area contributed by atoms with E-state index in [1.165, 1.54) is 18.2 Å². The van der Waals surface area contributed by atoms with E-state index in [1.54, 1.807) is 4.90 Å². The lowest BCUT2D eigenvalue weighted by Crippen LogP contribution is -2.54. The Labute approximate surface area is 121 Å². The van der Waals surface area contributed by atoms with E-state index in [1.807, 2.05) is 0 Å². The number of hydrogen-bond acceptors (Lipinski definition) is 5. The normalized spacial score (nSPS) is 29.0. The third-order valence-corrected chi connectivity index (χ3v) is 4.27. The number of nitro groups is 1. The molecule has 1 aromatic carbocycles. The van der Waals surface area contributed by atoms with Crippen LogP contribution in [0.1, 0.15) is 25.3 Å². The first-order chi connectivity index (χ1) is 9.92.